The third-order valence-electron chi connectivity index (χ3n) is 21.7. The average Bonchev–Trinajstić information content (AvgIpc) is 1.55. The highest BCUT2D eigenvalue weighted by Gasteiger charge is 2.38. The molecule has 15 aromatic carbocycles. The molecular weight excluding hydrogens is 1250 g/mol. The number of fused-ring (bicyclic) bond motifs is 13. The molecular formula is C98H67N5. The second-order valence-electron chi connectivity index (χ2n) is 28.0. The summed E-state index contributed by atoms with van der Waals surface area (Å²) in [6, 6.07) is 129. The van der Waals surface area contributed by atoms with Gasteiger partial charge in [-0.25, -0.2) is 0 Å². The molecule has 4 heterocycles. The Hall–Kier alpha value is -13.2. The number of hydrogen-bond acceptors (Lipinski definition) is 2. The number of benzene rings is 15. The van der Waals surface area contributed by atoms with E-state index in [-0.39, 0.29) is 5.41 Å². The van der Waals surface area contributed by atoms with Crippen molar-refractivity contribution in [3.63, 3.8) is 0 Å². The van der Waals surface area contributed by atoms with Crippen molar-refractivity contribution in [2.45, 2.75) is 25.7 Å². The Morgan fingerprint density at radius 2 is 0.621 bits per heavy atom. The molecule has 0 atom stereocenters. The van der Waals surface area contributed by atoms with Crippen molar-refractivity contribution in [1.29, 1.82) is 0 Å². The minimum atomic E-state index is -0.278. The number of para-hydroxylation sites is 3. The number of nitrogens with zero attached hydrogens (tertiary/aromatic N) is 5. The molecule has 0 bridgehead atoms. The summed E-state index contributed by atoms with van der Waals surface area (Å²) >= 11 is 0. The second kappa shape index (κ2) is 24.0. The summed E-state index contributed by atoms with van der Waals surface area (Å²) in [5, 5.41) is 7.01. The number of aromatic nitrogens is 3. The third kappa shape index (κ3) is 9.98. The molecule has 0 unspecified atom stereocenters. The predicted molar refractivity (Wildman–Crippen MR) is 434 cm³/mol. The normalized spacial score (nSPS) is 13.4. The van der Waals surface area contributed by atoms with E-state index in [0.29, 0.717) is 12.4 Å². The van der Waals surface area contributed by atoms with Crippen LogP contribution >= 0.6 is 0 Å². The molecule has 2 aliphatic rings. The van der Waals surface area contributed by atoms with Gasteiger partial charge in [0.2, 0.25) is 5.96 Å². The van der Waals surface area contributed by atoms with Crippen LogP contribution in [0.3, 0.4) is 0 Å². The first kappa shape index (κ1) is 59.8. The molecule has 0 fully saturated rings. The lowest BCUT2D eigenvalue weighted by Crippen LogP contribution is -2.17. The Bertz CT molecular complexity index is 6460. The first-order chi connectivity index (χ1) is 50.8. The smallest absolute Gasteiger partial charge is 0.238 e. The van der Waals surface area contributed by atoms with E-state index in [1.54, 1.807) is 0 Å². The van der Waals surface area contributed by atoms with Crippen LogP contribution in [-0.2, 0) is 5.41 Å². The lowest BCUT2D eigenvalue weighted by Gasteiger charge is -2.22. The zero-order chi connectivity index (χ0) is 68.3. The Morgan fingerprint density at radius 3 is 1.13 bits per heavy atom. The van der Waals surface area contributed by atoms with Crippen LogP contribution in [0.1, 0.15) is 31.4 Å². The first-order valence-electron chi connectivity index (χ1n) is 35.7. The van der Waals surface area contributed by atoms with Crippen LogP contribution in [0.4, 0.5) is 0 Å². The Balaban J connectivity index is 0.776. The standard InChI is InChI=1S/C98H67N5/c1-98(2)86-41-19-15-37-79(86)84-49-50-90-95(96(84)98)85-40-18-22-44-89(85)103(90)97-99-93(101-87-42-20-16-38-80(87)82-47-45-71(61-91(82)101)67-33-23-35-69(53-67)77-57-73(63-25-7-3-8-26-63)55-74(58-77)64-27-9-4-10-28-64)51-52-94(100-97)102-88-43-21-17-39-81(88)83-48-46-72(62-92(83)102)68-34-24-36-70(54-68)78-59-75(65-29-11-5-12-30-65)56-76(60-78)66-31-13-6-14-32-66/h3-51,53-62H,52H2,1-2H3. The van der Waals surface area contributed by atoms with Crippen molar-refractivity contribution < 1.29 is 0 Å². The van der Waals surface area contributed by atoms with E-state index >= 15 is 0 Å². The summed E-state index contributed by atoms with van der Waals surface area (Å²) in [5.74, 6) is 2.24. The predicted octanol–water partition coefficient (Wildman–Crippen LogP) is 25.7. The molecule has 5 nitrogen and oxygen atoms in total. The zero-order valence-electron chi connectivity index (χ0n) is 57.0. The van der Waals surface area contributed by atoms with Gasteiger partial charge < -0.3 is 0 Å². The van der Waals surface area contributed by atoms with E-state index in [1.807, 2.05) is 0 Å². The minimum Gasteiger partial charge on any atom is -0.297 e. The van der Waals surface area contributed by atoms with E-state index in [2.05, 4.69) is 385 Å². The molecule has 0 radical (unpaired) electrons. The molecule has 0 amide bonds. The molecule has 3 aromatic heterocycles. The molecule has 5 heteroatoms. The molecule has 0 saturated carbocycles. The zero-order valence-corrected chi connectivity index (χ0v) is 57.0. The Labute approximate surface area is 597 Å². The van der Waals surface area contributed by atoms with E-state index in [4.69, 9.17) is 9.98 Å². The van der Waals surface area contributed by atoms with Gasteiger partial charge >= 0.3 is 0 Å². The van der Waals surface area contributed by atoms with Crippen LogP contribution in [-0.4, -0.2) is 25.5 Å². The first-order valence-corrected chi connectivity index (χ1v) is 35.7. The van der Waals surface area contributed by atoms with E-state index in [1.165, 1.54) is 77.5 Å². The van der Waals surface area contributed by atoms with Crippen molar-refractivity contribution >= 4 is 83.0 Å². The van der Waals surface area contributed by atoms with Crippen LogP contribution < -0.4 is 0 Å². The summed E-state index contributed by atoms with van der Waals surface area (Å²) in [6.45, 7) is 4.78. The fourth-order valence-electron chi connectivity index (χ4n) is 16.8. The number of hydrogen-bond donors (Lipinski definition) is 0. The fourth-order valence-corrected chi connectivity index (χ4v) is 16.8. The van der Waals surface area contributed by atoms with Crippen LogP contribution in [0.15, 0.2) is 368 Å². The van der Waals surface area contributed by atoms with Gasteiger partial charge in [0.05, 0.1) is 33.1 Å². The molecule has 1 aliphatic carbocycles. The highest BCUT2D eigenvalue weighted by atomic mass is 15.3. The van der Waals surface area contributed by atoms with Gasteiger partial charge in [0.25, 0.3) is 0 Å². The summed E-state index contributed by atoms with van der Waals surface area (Å²) in [5.41, 5.74) is 29.9. The molecule has 0 N–H and O–H groups in total. The molecule has 1 aliphatic heterocycles. The van der Waals surface area contributed by atoms with Gasteiger partial charge in [-0.3, -0.25) is 13.7 Å². The fraction of sp³-hybridized carbons (Fsp3) is 0.0408. The Kier molecular flexibility index (Phi) is 13.9. The van der Waals surface area contributed by atoms with E-state index in [9.17, 15) is 0 Å². The molecule has 0 saturated heterocycles. The molecule has 103 heavy (non-hydrogen) atoms. The summed E-state index contributed by atoms with van der Waals surface area (Å²) in [4.78, 5) is 12.1. The monoisotopic (exact) mass is 1310 g/mol. The molecule has 20 rings (SSSR count). The Morgan fingerprint density at radius 1 is 0.252 bits per heavy atom. The summed E-state index contributed by atoms with van der Waals surface area (Å²) < 4.78 is 7.17. The van der Waals surface area contributed by atoms with Crippen molar-refractivity contribution in [3.8, 4) is 100 Å². The van der Waals surface area contributed by atoms with E-state index < -0.39 is 0 Å². The number of rotatable bonds is 9. The van der Waals surface area contributed by atoms with Crippen LogP contribution in [0.2, 0.25) is 0 Å². The highest BCUT2D eigenvalue weighted by Crippen LogP contribution is 2.53. The minimum absolute atomic E-state index is 0.278. The lowest BCUT2D eigenvalue weighted by molar-refractivity contribution is 0.666. The van der Waals surface area contributed by atoms with Crippen molar-refractivity contribution in [1.82, 2.24) is 13.7 Å². The topological polar surface area (TPSA) is 39.5 Å². The van der Waals surface area contributed by atoms with Gasteiger partial charge in [0.1, 0.15) is 11.7 Å². The van der Waals surface area contributed by atoms with Gasteiger partial charge in [-0.15, -0.1) is 0 Å². The highest BCUT2D eigenvalue weighted by molar-refractivity contribution is 6.22. The van der Waals surface area contributed by atoms with Gasteiger partial charge in [-0.2, -0.15) is 9.98 Å². The maximum absolute atomic E-state index is 6.05. The van der Waals surface area contributed by atoms with Gasteiger partial charge in [0.15, 0.2) is 0 Å². The average molecular weight is 1310 g/mol. The van der Waals surface area contributed by atoms with Gasteiger partial charge in [0, 0.05) is 44.2 Å². The van der Waals surface area contributed by atoms with Crippen molar-refractivity contribution in [2.24, 2.45) is 9.98 Å². The SMILES string of the molecule is CC1(C)c2ccccc2-c2ccc3c(c21)c1ccccc1n3C1=NC(n2c3ccccc3c3ccc(-c4cccc(-c5cc(-c6ccccc6)cc(-c6ccccc6)c5)c4)cc32)=CCC(n2c3ccccc3c3ccc(-c4cccc(-c5cc(-c6ccccc6)cc(-c6ccccc6)c5)c4)cc32)=N1. The summed E-state index contributed by atoms with van der Waals surface area (Å²) in [7, 11) is 0. The largest absolute Gasteiger partial charge is 0.297 e. The third-order valence-corrected chi connectivity index (χ3v) is 21.7. The molecule has 18 aromatic rings. The maximum Gasteiger partial charge on any atom is 0.238 e. The lowest BCUT2D eigenvalue weighted by atomic mass is 9.80. The molecule has 484 valence electrons. The van der Waals surface area contributed by atoms with Crippen molar-refractivity contribution in [2.75, 3.05) is 0 Å². The number of allylic oxidation sites excluding steroid dienone is 1. The summed E-state index contributed by atoms with van der Waals surface area (Å²) in [6.07, 6.45) is 2.79. The van der Waals surface area contributed by atoms with Gasteiger partial charge in [-0.1, -0.05) is 281 Å². The maximum atomic E-state index is 6.05. The quantitative estimate of drug-likeness (QED) is 0.138. The van der Waals surface area contributed by atoms with E-state index in [0.717, 1.165) is 111 Å². The van der Waals surface area contributed by atoms with Crippen LogP contribution in [0.25, 0.3) is 171 Å². The second-order valence-corrected chi connectivity index (χ2v) is 28.0. The molecule has 0 spiro atoms. The number of aliphatic imine (C=N–C) groups is 2. The van der Waals surface area contributed by atoms with Gasteiger partial charge in [-0.05, 0) is 202 Å². The van der Waals surface area contributed by atoms with Crippen molar-refractivity contribution in [3.05, 3.63) is 369 Å². The van der Waals surface area contributed by atoms with Crippen LogP contribution in [0, 0.1) is 0 Å². The van der Waals surface area contributed by atoms with Crippen LogP contribution in [0.5, 0.6) is 0 Å².